The minimum absolute atomic E-state index is 0.466. The number of rotatable bonds is 7. The van der Waals surface area contributed by atoms with Crippen LogP contribution in [0.1, 0.15) is 31.7 Å². The first-order valence-corrected chi connectivity index (χ1v) is 7.97. The molecule has 0 bridgehead atoms. The van der Waals surface area contributed by atoms with Crippen LogP contribution in [0.5, 0.6) is 0 Å². The van der Waals surface area contributed by atoms with Crippen molar-refractivity contribution in [1.82, 2.24) is 14.5 Å². The molecular formula is C16H24ClN3. The zero-order valence-electron chi connectivity index (χ0n) is 12.7. The molecule has 0 amide bonds. The van der Waals surface area contributed by atoms with Gasteiger partial charge >= 0.3 is 0 Å². The Labute approximate surface area is 126 Å². The summed E-state index contributed by atoms with van der Waals surface area (Å²) in [7, 11) is 0. The van der Waals surface area contributed by atoms with E-state index in [2.05, 4.69) is 53.4 Å². The van der Waals surface area contributed by atoms with Crippen LogP contribution in [0, 0.1) is 6.92 Å². The third-order valence-electron chi connectivity index (χ3n) is 3.73. The number of likely N-dealkylation sites (N-methyl/N-ethyl adjacent to an activating group) is 1. The number of aromatic nitrogens is 2. The molecule has 3 nitrogen and oxygen atoms in total. The Morgan fingerprint density at radius 3 is 2.70 bits per heavy atom. The molecule has 1 heterocycles. The highest BCUT2D eigenvalue weighted by atomic mass is 35.5. The molecule has 0 fully saturated rings. The van der Waals surface area contributed by atoms with Crippen LogP contribution in [0.4, 0.5) is 0 Å². The summed E-state index contributed by atoms with van der Waals surface area (Å²) in [5.41, 5.74) is 3.49. The lowest BCUT2D eigenvalue weighted by atomic mass is 10.2. The molecule has 0 unspecified atom stereocenters. The third-order valence-corrected chi connectivity index (χ3v) is 3.97. The first-order valence-electron chi connectivity index (χ1n) is 7.43. The van der Waals surface area contributed by atoms with Crippen molar-refractivity contribution in [3.05, 3.63) is 29.6 Å². The predicted molar refractivity (Wildman–Crippen MR) is 86.4 cm³/mol. The number of hydrogen-bond acceptors (Lipinski definition) is 2. The van der Waals surface area contributed by atoms with Crippen LogP contribution >= 0.6 is 11.6 Å². The first-order chi connectivity index (χ1) is 9.69. The van der Waals surface area contributed by atoms with Crippen molar-refractivity contribution in [2.75, 3.05) is 19.6 Å². The lowest BCUT2D eigenvalue weighted by Gasteiger charge is -2.20. The highest BCUT2D eigenvalue weighted by Crippen LogP contribution is 2.19. The van der Waals surface area contributed by atoms with Crippen molar-refractivity contribution in [2.45, 2.75) is 39.6 Å². The highest BCUT2D eigenvalue weighted by molar-refractivity contribution is 6.16. The van der Waals surface area contributed by atoms with E-state index in [0.717, 1.165) is 37.5 Å². The largest absolute Gasteiger partial charge is 0.326 e. The maximum atomic E-state index is 6.06. The fourth-order valence-electron chi connectivity index (χ4n) is 2.63. The van der Waals surface area contributed by atoms with Gasteiger partial charge in [-0.15, -0.1) is 11.6 Å². The van der Waals surface area contributed by atoms with Gasteiger partial charge < -0.3 is 9.47 Å². The number of fused-ring (bicyclic) bond motifs is 1. The average Bonchev–Trinajstić information content (AvgIpc) is 2.80. The molecule has 4 heteroatoms. The number of nitrogens with zero attached hydrogens (tertiary/aromatic N) is 3. The molecule has 0 N–H and O–H groups in total. The van der Waals surface area contributed by atoms with Gasteiger partial charge in [0.05, 0.1) is 16.9 Å². The van der Waals surface area contributed by atoms with Gasteiger partial charge in [-0.25, -0.2) is 4.98 Å². The first kappa shape index (κ1) is 15.3. The summed E-state index contributed by atoms with van der Waals surface area (Å²) in [5, 5.41) is 0. The second-order valence-electron chi connectivity index (χ2n) is 5.24. The van der Waals surface area contributed by atoms with Gasteiger partial charge in [-0.3, -0.25) is 0 Å². The molecule has 0 aliphatic rings. The van der Waals surface area contributed by atoms with E-state index in [4.69, 9.17) is 11.6 Å². The summed E-state index contributed by atoms with van der Waals surface area (Å²) in [5.74, 6) is 1.44. The number of hydrogen-bond donors (Lipinski definition) is 0. The molecule has 0 saturated carbocycles. The SMILES string of the molecule is CCCN(CC)CCn1c(CCl)nc2cc(C)ccc21. The van der Waals surface area contributed by atoms with Crippen LogP contribution in [-0.4, -0.2) is 34.1 Å². The zero-order valence-corrected chi connectivity index (χ0v) is 13.5. The summed E-state index contributed by atoms with van der Waals surface area (Å²) in [4.78, 5) is 7.12. The topological polar surface area (TPSA) is 21.1 Å². The summed E-state index contributed by atoms with van der Waals surface area (Å²) in [6.45, 7) is 10.8. The van der Waals surface area contributed by atoms with Gasteiger partial charge in [0, 0.05) is 13.1 Å². The quantitative estimate of drug-likeness (QED) is 0.724. The van der Waals surface area contributed by atoms with Crippen molar-refractivity contribution >= 4 is 22.6 Å². The Balaban J connectivity index is 2.23. The van der Waals surface area contributed by atoms with Crippen molar-refractivity contribution in [2.24, 2.45) is 0 Å². The minimum atomic E-state index is 0.466. The lowest BCUT2D eigenvalue weighted by Crippen LogP contribution is -2.28. The Morgan fingerprint density at radius 2 is 2.05 bits per heavy atom. The molecule has 0 spiro atoms. The van der Waals surface area contributed by atoms with Crippen molar-refractivity contribution in [3.63, 3.8) is 0 Å². The molecule has 0 radical (unpaired) electrons. The molecule has 110 valence electrons. The van der Waals surface area contributed by atoms with E-state index in [1.54, 1.807) is 0 Å². The predicted octanol–water partition coefficient (Wildman–Crippen LogP) is 3.82. The molecule has 0 aliphatic heterocycles. The fraction of sp³-hybridized carbons (Fsp3) is 0.562. The van der Waals surface area contributed by atoms with Crippen LogP contribution in [0.15, 0.2) is 18.2 Å². The molecule has 2 rings (SSSR count). The molecule has 2 aromatic rings. The van der Waals surface area contributed by atoms with Gasteiger partial charge in [0.1, 0.15) is 5.82 Å². The van der Waals surface area contributed by atoms with Crippen molar-refractivity contribution in [1.29, 1.82) is 0 Å². The number of imidazole rings is 1. The van der Waals surface area contributed by atoms with E-state index in [9.17, 15) is 0 Å². The summed E-state index contributed by atoms with van der Waals surface area (Å²) in [6, 6.07) is 6.43. The number of halogens is 1. The number of aryl methyl sites for hydroxylation is 1. The molecule has 20 heavy (non-hydrogen) atoms. The standard InChI is InChI=1S/C16H24ClN3/c1-4-8-19(5-2)9-10-20-15-7-6-13(3)11-14(15)18-16(20)12-17/h6-7,11H,4-5,8-10,12H2,1-3H3. The van der Waals surface area contributed by atoms with Crippen molar-refractivity contribution < 1.29 is 0 Å². The van der Waals surface area contributed by atoms with E-state index in [-0.39, 0.29) is 0 Å². The van der Waals surface area contributed by atoms with Crippen LogP contribution in [0.25, 0.3) is 11.0 Å². The summed E-state index contributed by atoms with van der Waals surface area (Å²) >= 11 is 6.06. The van der Waals surface area contributed by atoms with Crippen molar-refractivity contribution in [3.8, 4) is 0 Å². The second kappa shape index (κ2) is 7.09. The highest BCUT2D eigenvalue weighted by Gasteiger charge is 2.11. The molecule has 0 aliphatic carbocycles. The maximum absolute atomic E-state index is 6.06. The normalized spacial score (nSPS) is 11.7. The monoisotopic (exact) mass is 293 g/mol. The Kier molecular flexibility index (Phi) is 5.44. The molecule has 1 aromatic carbocycles. The molecule has 1 aromatic heterocycles. The Bertz CT molecular complexity index is 562. The zero-order chi connectivity index (χ0) is 14.5. The van der Waals surface area contributed by atoms with Gasteiger partial charge in [-0.05, 0) is 44.1 Å². The smallest absolute Gasteiger partial charge is 0.124 e. The fourth-order valence-corrected chi connectivity index (χ4v) is 2.83. The van der Waals surface area contributed by atoms with Crippen LogP contribution in [-0.2, 0) is 12.4 Å². The number of alkyl halides is 1. The van der Waals surface area contributed by atoms with Gasteiger partial charge in [0.15, 0.2) is 0 Å². The Hall–Kier alpha value is -1.06. The van der Waals surface area contributed by atoms with Crippen LogP contribution in [0.3, 0.4) is 0 Å². The average molecular weight is 294 g/mol. The third kappa shape index (κ3) is 3.33. The van der Waals surface area contributed by atoms with Gasteiger partial charge in [-0.1, -0.05) is 19.9 Å². The summed E-state index contributed by atoms with van der Waals surface area (Å²) in [6.07, 6.45) is 1.19. The van der Waals surface area contributed by atoms with E-state index >= 15 is 0 Å². The minimum Gasteiger partial charge on any atom is -0.326 e. The van der Waals surface area contributed by atoms with E-state index in [1.807, 2.05) is 0 Å². The van der Waals surface area contributed by atoms with Crippen LogP contribution < -0.4 is 0 Å². The van der Waals surface area contributed by atoms with Gasteiger partial charge in [0.25, 0.3) is 0 Å². The van der Waals surface area contributed by atoms with Gasteiger partial charge in [0.2, 0.25) is 0 Å². The number of benzene rings is 1. The lowest BCUT2D eigenvalue weighted by molar-refractivity contribution is 0.277. The van der Waals surface area contributed by atoms with Crippen LogP contribution in [0.2, 0.25) is 0 Å². The molecular weight excluding hydrogens is 270 g/mol. The van der Waals surface area contributed by atoms with Gasteiger partial charge in [-0.2, -0.15) is 0 Å². The molecule has 0 atom stereocenters. The second-order valence-corrected chi connectivity index (χ2v) is 5.51. The van der Waals surface area contributed by atoms with E-state index < -0.39 is 0 Å². The summed E-state index contributed by atoms with van der Waals surface area (Å²) < 4.78 is 2.26. The molecule has 0 saturated heterocycles. The van der Waals surface area contributed by atoms with E-state index in [1.165, 1.54) is 17.5 Å². The maximum Gasteiger partial charge on any atom is 0.124 e. The van der Waals surface area contributed by atoms with E-state index in [0.29, 0.717) is 5.88 Å². The Morgan fingerprint density at radius 1 is 1.25 bits per heavy atom.